The Morgan fingerprint density at radius 1 is 1.13 bits per heavy atom. The van der Waals surface area contributed by atoms with Crippen LogP contribution in [-0.2, 0) is 0 Å². The molecule has 0 unspecified atom stereocenters. The fraction of sp³-hybridized carbons (Fsp3) is 0.143. The standard InChI is InChI=1S/C14H17N/c1-3-4-5-6-7-12-15-14-10-8-13(2)9-11-14/h3-11,15H,1,12H2,2H3/b5-4-,7-6-. The monoisotopic (exact) mass is 199 g/mol. The van der Waals surface area contributed by atoms with Crippen molar-refractivity contribution in [2.75, 3.05) is 11.9 Å². The first-order valence-electron chi connectivity index (χ1n) is 5.07. The van der Waals surface area contributed by atoms with Crippen molar-refractivity contribution in [2.24, 2.45) is 0 Å². The molecule has 78 valence electrons. The summed E-state index contributed by atoms with van der Waals surface area (Å²) < 4.78 is 0. The molecule has 0 radical (unpaired) electrons. The lowest BCUT2D eigenvalue weighted by Crippen LogP contribution is -1.97. The predicted octanol–water partition coefficient (Wildman–Crippen LogP) is 3.71. The molecule has 1 nitrogen and oxygen atoms in total. The van der Waals surface area contributed by atoms with Gasteiger partial charge in [-0.3, -0.25) is 0 Å². The molecule has 0 aliphatic rings. The van der Waals surface area contributed by atoms with E-state index in [9.17, 15) is 0 Å². The first-order chi connectivity index (χ1) is 7.33. The Kier molecular flexibility index (Phi) is 5.02. The number of nitrogens with one attached hydrogen (secondary N) is 1. The maximum atomic E-state index is 3.60. The van der Waals surface area contributed by atoms with E-state index in [2.05, 4.69) is 49.2 Å². The van der Waals surface area contributed by atoms with E-state index in [0.29, 0.717) is 0 Å². The molecule has 0 saturated heterocycles. The van der Waals surface area contributed by atoms with Gasteiger partial charge >= 0.3 is 0 Å². The molecule has 0 heterocycles. The van der Waals surface area contributed by atoms with E-state index in [1.54, 1.807) is 6.08 Å². The van der Waals surface area contributed by atoms with Crippen molar-refractivity contribution >= 4 is 5.69 Å². The molecule has 0 amide bonds. The van der Waals surface area contributed by atoms with E-state index in [1.165, 1.54) is 5.56 Å². The molecule has 0 saturated carbocycles. The van der Waals surface area contributed by atoms with Crippen LogP contribution in [0.15, 0.2) is 61.2 Å². The van der Waals surface area contributed by atoms with Crippen LogP contribution in [0, 0.1) is 6.92 Å². The zero-order valence-corrected chi connectivity index (χ0v) is 9.11. The second kappa shape index (κ2) is 6.66. The molecule has 0 aliphatic heterocycles. The minimum Gasteiger partial charge on any atom is -0.382 e. The second-order valence-electron chi connectivity index (χ2n) is 3.30. The summed E-state index contributed by atoms with van der Waals surface area (Å²) in [6.07, 6.45) is 9.70. The molecule has 15 heavy (non-hydrogen) atoms. The quantitative estimate of drug-likeness (QED) is 0.713. The zero-order valence-electron chi connectivity index (χ0n) is 9.11. The highest BCUT2D eigenvalue weighted by molar-refractivity contribution is 5.44. The Balaban J connectivity index is 2.31. The highest BCUT2D eigenvalue weighted by atomic mass is 14.8. The number of hydrogen-bond donors (Lipinski definition) is 1. The van der Waals surface area contributed by atoms with Gasteiger partial charge < -0.3 is 5.32 Å². The Bertz CT molecular complexity index is 344. The van der Waals surface area contributed by atoms with Crippen LogP contribution in [0.1, 0.15) is 5.56 Å². The zero-order chi connectivity index (χ0) is 10.9. The van der Waals surface area contributed by atoms with Crippen molar-refractivity contribution in [3.05, 3.63) is 66.8 Å². The van der Waals surface area contributed by atoms with Crippen LogP contribution >= 0.6 is 0 Å². The van der Waals surface area contributed by atoms with Gasteiger partial charge in [0, 0.05) is 12.2 Å². The van der Waals surface area contributed by atoms with Crippen LogP contribution in [0.5, 0.6) is 0 Å². The molecule has 0 fully saturated rings. The van der Waals surface area contributed by atoms with Gasteiger partial charge in [-0.05, 0) is 19.1 Å². The van der Waals surface area contributed by atoms with Gasteiger partial charge in [0.15, 0.2) is 0 Å². The summed E-state index contributed by atoms with van der Waals surface area (Å²) in [5.41, 5.74) is 2.43. The molecular weight excluding hydrogens is 182 g/mol. The van der Waals surface area contributed by atoms with Gasteiger partial charge in [0.1, 0.15) is 0 Å². The number of rotatable bonds is 5. The van der Waals surface area contributed by atoms with Crippen molar-refractivity contribution in [3.8, 4) is 0 Å². The van der Waals surface area contributed by atoms with Crippen LogP contribution in [0.3, 0.4) is 0 Å². The highest BCUT2D eigenvalue weighted by Gasteiger charge is 1.87. The molecule has 1 heteroatoms. The molecule has 0 aromatic heterocycles. The fourth-order valence-corrected chi connectivity index (χ4v) is 1.14. The first-order valence-corrected chi connectivity index (χ1v) is 5.07. The van der Waals surface area contributed by atoms with E-state index in [1.807, 2.05) is 18.2 Å². The summed E-state index contributed by atoms with van der Waals surface area (Å²) in [5.74, 6) is 0. The summed E-state index contributed by atoms with van der Waals surface area (Å²) in [7, 11) is 0. The molecule has 1 aromatic rings. The second-order valence-corrected chi connectivity index (χ2v) is 3.30. The average Bonchev–Trinajstić information content (AvgIpc) is 2.26. The van der Waals surface area contributed by atoms with Crippen LogP contribution in [0.2, 0.25) is 0 Å². The molecule has 1 rings (SSSR count). The van der Waals surface area contributed by atoms with Gasteiger partial charge in [-0.25, -0.2) is 0 Å². The third kappa shape index (κ3) is 4.87. The molecule has 0 spiro atoms. The van der Waals surface area contributed by atoms with Crippen LogP contribution in [0.25, 0.3) is 0 Å². The van der Waals surface area contributed by atoms with Crippen molar-refractivity contribution in [2.45, 2.75) is 6.92 Å². The summed E-state index contributed by atoms with van der Waals surface area (Å²) >= 11 is 0. The normalized spacial score (nSPS) is 11.0. The first kappa shape index (κ1) is 11.3. The van der Waals surface area contributed by atoms with Crippen LogP contribution < -0.4 is 5.32 Å². The van der Waals surface area contributed by atoms with E-state index < -0.39 is 0 Å². The molecule has 0 bridgehead atoms. The Hall–Kier alpha value is -1.76. The molecule has 0 atom stereocenters. The van der Waals surface area contributed by atoms with Crippen LogP contribution in [-0.4, -0.2) is 6.54 Å². The Labute approximate surface area is 91.8 Å². The van der Waals surface area contributed by atoms with Gasteiger partial charge in [0.2, 0.25) is 0 Å². The van der Waals surface area contributed by atoms with Gasteiger partial charge in [-0.2, -0.15) is 0 Å². The Morgan fingerprint density at radius 3 is 2.53 bits per heavy atom. The molecule has 1 N–H and O–H groups in total. The van der Waals surface area contributed by atoms with Crippen LogP contribution in [0.4, 0.5) is 5.69 Å². The fourth-order valence-electron chi connectivity index (χ4n) is 1.14. The summed E-state index contributed by atoms with van der Waals surface area (Å²) in [6.45, 7) is 6.52. The van der Waals surface area contributed by atoms with E-state index in [0.717, 1.165) is 12.2 Å². The van der Waals surface area contributed by atoms with Crippen molar-refractivity contribution in [1.82, 2.24) is 0 Å². The summed E-state index contributed by atoms with van der Waals surface area (Å²) in [6, 6.07) is 8.37. The van der Waals surface area contributed by atoms with E-state index in [-0.39, 0.29) is 0 Å². The van der Waals surface area contributed by atoms with Gasteiger partial charge in [-0.1, -0.05) is 54.7 Å². The maximum Gasteiger partial charge on any atom is 0.0342 e. The van der Waals surface area contributed by atoms with Gasteiger partial charge in [0.25, 0.3) is 0 Å². The lowest BCUT2D eigenvalue weighted by molar-refractivity contribution is 1.32. The predicted molar refractivity (Wildman–Crippen MR) is 68.1 cm³/mol. The maximum absolute atomic E-state index is 3.60. The minimum atomic E-state index is 0.838. The smallest absolute Gasteiger partial charge is 0.0342 e. The van der Waals surface area contributed by atoms with E-state index >= 15 is 0 Å². The van der Waals surface area contributed by atoms with Crippen molar-refractivity contribution in [1.29, 1.82) is 0 Å². The van der Waals surface area contributed by atoms with Gasteiger partial charge in [0.05, 0.1) is 0 Å². The van der Waals surface area contributed by atoms with Crippen molar-refractivity contribution < 1.29 is 0 Å². The van der Waals surface area contributed by atoms with Gasteiger partial charge in [-0.15, -0.1) is 0 Å². The lowest BCUT2D eigenvalue weighted by atomic mass is 10.2. The molecule has 0 aliphatic carbocycles. The molecule has 1 aromatic carbocycles. The number of anilines is 1. The topological polar surface area (TPSA) is 12.0 Å². The largest absolute Gasteiger partial charge is 0.382 e. The third-order valence-electron chi connectivity index (χ3n) is 1.97. The van der Waals surface area contributed by atoms with Crippen molar-refractivity contribution in [3.63, 3.8) is 0 Å². The Morgan fingerprint density at radius 2 is 1.87 bits per heavy atom. The number of hydrogen-bond acceptors (Lipinski definition) is 1. The lowest BCUT2D eigenvalue weighted by Gasteiger charge is -2.02. The number of aryl methyl sites for hydroxylation is 1. The number of benzene rings is 1. The van der Waals surface area contributed by atoms with E-state index in [4.69, 9.17) is 0 Å². The molecular formula is C14H17N. The SMILES string of the molecule is C=C/C=C\C=C/CNc1ccc(C)cc1. The average molecular weight is 199 g/mol. The summed E-state index contributed by atoms with van der Waals surface area (Å²) in [4.78, 5) is 0. The highest BCUT2D eigenvalue weighted by Crippen LogP contribution is 2.07. The summed E-state index contributed by atoms with van der Waals surface area (Å²) in [5, 5.41) is 3.30. The number of allylic oxidation sites excluding steroid dienone is 4. The minimum absolute atomic E-state index is 0.838. The third-order valence-corrected chi connectivity index (χ3v) is 1.97.